The molecular weight excluding hydrogens is 799 g/mol. The van der Waals surface area contributed by atoms with Crippen molar-refractivity contribution in [2.24, 2.45) is 5.92 Å². The lowest BCUT2D eigenvalue weighted by Crippen LogP contribution is -2.54. The van der Waals surface area contributed by atoms with Gasteiger partial charge in [-0.2, -0.15) is 0 Å². The standard InChI is InChI=1S/C43H49N11O8/c1-25-7-5-9-30(49-25)40(58)50-27-19-28(20-27)53-24-48-37-38(46-23-47-39(37)53)45-21-26-14-17-52(18-15-26)35(57)11-3-2-4-16-44-34(56)22-62-32-10-6-8-29-36(32)43(61)54(42(29)60)31-12-13-33(55)51-41(31)59/h5-10,23-24,26-28,31H,2-4,11-22H2,1H3,(H,44,56)(H,50,58)(H,45,46,47)(H,51,55,59)/t27?,28?,31-/m1/s1. The SMILES string of the molecule is Cc1cccc(C(=O)NC2CC(n3cnc4c(NCC5CCN(C(=O)CCCCCNC(=O)COc6cccc7c6C(=O)N([C@@H]6CCC(=O)NC6=O)C7=O)CC5)ncnc43)C2)n1. The van der Waals surface area contributed by atoms with Crippen LogP contribution in [0.3, 0.4) is 0 Å². The second-order valence-corrected chi connectivity index (χ2v) is 16.3. The zero-order valence-electron chi connectivity index (χ0n) is 34.4. The van der Waals surface area contributed by atoms with Crippen LogP contribution in [-0.4, -0.2) is 121 Å². The van der Waals surface area contributed by atoms with Crippen LogP contribution >= 0.6 is 0 Å². The number of likely N-dealkylation sites (tertiary alicyclic amines) is 1. The minimum absolute atomic E-state index is 0.00970. The van der Waals surface area contributed by atoms with Crippen molar-refractivity contribution < 1.29 is 38.3 Å². The number of fused-ring (bicyclic) bond motifs is 2. The van der Waals surface area contributed by atoms with Crippen LogP contribution in [0.4, 0.5) is 5.82 Å². The molecule has 4 aliphatic rings. The number of nitrogens with zero attached hydrogens (tertiary/aromatic N) is 7. The van der Waals surface area contributed by atoms with Gasteiger partial charge in [0.2, 0.25) is 17.7 Å². The quantitative estimate of drug-likeness (QED) is 0.0938. The number of imide groups is 2. The molecule has 0 spiro atoms. The number of nitrogens with one attached hydrogen (secondary N) is 4. The van der Waals surface area contributed by atoms with E-state index in [4.69, 9.17) is 4.74 Å². The van der Waals surface area contributed by atoms with Crippen molar-refractivity contribution in [2.75, 3.05) is 38.1 Å². The van der Waals surface area contributed by atoms with Crippen LogP contribution in [0, 0.1) is 12.8 Å². The highest BCUT2D eigenvalue weighted by Crippen LogP contribution is 2.36. The highest BCUT2D eigenvalue weighted by molar-refractivity contribution is 6.24. The highest BCUT2D eigenvalue weighted by atomic mass is 16.5. The van der Waals surface area contributed by atoms with Gasteiger partial charge < -0.3 is 30.2 Å². The molecule has 1 atom stereocenters. The summed E-state index contributed by atoms with van der Waals surface area (Å²) in [5, 5.41) is 11.5. The number of rotatable bonds is 16. The molecule has 8 rings (SSSR count). The maximum atomic E-state index is 13.2. The molecule has 324 valence electrons. The number of anilines is 1. The maximum Gasteiger partial charge on any atom is 0.270 e. The average molecular weight is 848 g/mol. The Bertz CT molecular complexity index is 2410. The lowest BCUT2D eigenvalue weighted by atomic mass is 9.86. The fraction of sp³-hybridized carbons (Fsp3) is 0.465. The number of benzene rings is 1. The smallest absolute Gasteiger partial charge is 0.270 e. The number of imidazole rings is 1. The molecule has 3 aromatic heterocycles. The third-order valence-corrected chi connectivity index (χ3v) is 12.0. The summed E-state index contributed by atoms with van der Waals surface area (Å²) in [6.45, 7) is 3.94. The van der Waals surface area contributed by atoms with E-state index in [0.29, 0.717) is 68.4 Å². The first-order valence-electron chi connectivity index (χ1n) is 21.2. The number of carbonyl (C=O) groups is 7. The van der Waals surface area contributed by atoms with Crippen LogP contribution in [0.1, 0.15) is 107 Å². The summed E-state index contributed by atoms with van der Waals surface area (Å²) in [5.41, 5.74) is 2.73. The summed E-state index contributed by atoms with van der Waals surface area (Å²) in [5.74, 6) is -1.87. The number of carbonyl (C=O) groups excluding carboxylic acids is 7. The van der Waals surface area contributed by atoms with E-state index in [0.717, 1.165) is 48.3 Å². The molecule has 4 N–H and O–H groups in total. The monoisotopic (exact) mass is 847 g/mol. The predicted molar refractivity (Wildman–Crippen MR) is 222 cm³/mol. The third kappa shape index (κ3) is 9.11. The Morgan fingerprint density at radius 1 is 0.919 bits per heavy atom. The highest BCUT2D eigenvalue weighted by Gasteiger charge is 2.46. The van der Waals surface area contributed by atoms with Gasteiger partial charge in [0, 0.05) is 56.8 Å². The lowest BCUT2D eigenvalue weighted by molar-refractivity contribution is -0.136. The summed E-state index contributed by atoms with van der Waals surface area (Å²) in [6, 6.07) is 9.00. The third-order valence-electron chi connectivity index (χ3n) is 12.0. The molecule has 2 saturated heterocycles. The zero-order chi connectivity index (χ0) is 43.3. The molecule has 0 radical (unpaired) electrons. The molecule has 0 unspecified atom stereocenters. The molecule has 6 heterocycles. The molecule has 4 aromatic rings. The number of aryl methyl sites for hydroxylation is 1. The van der Waals surface area contributed by atoms with Crippen LogP contribution in [0.25, 0.3) is 11.2 Å². The van der Waals surface area contributed by atoms with Gasteiger partial charge in [-0.05, 0) is 82.1 Å². The van der Waals surface area contributed by atoms with Crippen LogP contribution in [0.15, 0.2) is 49.1 Å². The van der Waals surface area contributed by atoms with E-state index in [-0.39, 0.29) is 60.2 Å². The van der Waals surface area contributed by atoms with Crippen molar-refractivity contribution in [1.29, 1.82) is 0 Å². The molecule has 1 saturated carbocycles. The van der Waals surface area contributed by atoms with Gasteiger partial charge in [-0.25, -0.2) is 19.9 Å². The van der Waals surface area contributed by atoms with E-state index >= 15 is 0 Å². The number of pyridine rings is 1. The van der Waals surface area contributed by atoms with Crippen molar-refractivity contribution in [3.05, 3.63) is 71.6 Å². The number of ether oxygens (including phenoxy) is 1. The van der Waals surface area contributed by atoms with Crippen LogP contribution in [0.2, 0.25) is 0 Å². The van der Waals surface area contributed by atoms with Crippen molar-refractivity contribution >= 4 is 58.3 Å². The van der Waals surface area contributed by atoms with Gasteiger partial charge in [-0.15, -0.1) is 0 Å². The number of hydrogen-bond donors (Lipinski definition) is 4. The van der Waals surface area contributed by atoms with E-state index in [1.807, 2.05) is 24.0 Å². The number of unbranched alkanes of at least 4 members (excludes halogenated alkanes) is 2. The second-order valence-electron chi connectivity index (χ2n) is 16.3. The summed E-state index contributed by atoms with van der Waals surface area (Å²) >= 11 is 0. The van der Waals surface area contributed by atoms with E-state index in [1.54, 1.807) is 18.7 Å². The molecule has 3 fully saturated rings. The average Bonchev–Trinajstić information content (AvgIpc) is 3.79. The fourth-order valence-electron chi connectivity index (χ4n) is 8.50. The Kier molecular flexibility index (Phi) is 12.5. The zero-order valence-corrected chi connectivity index (χ0v) is 34.4. The van der Waals surface area contributed by atoms with Gasteiger partial charge in [-0.3, -0.25) is 43.8 Å². The van der Waals surface area contributed by atoms with Crippen molar-refractivity contribution in [3.8, 4) is 5.75 Å². The predicted octanol–water partition coefficient (Wildman–Crippen LogP) is 2.47. The molecule has 0 bridgehead atoms. The summed E-state index contributed by atoms with van der Waals surface area (Å²) in [4.78, 5) is 109. The van der Waals surface area contributed by atoms with Gasteiger partial charge in [0.1, 0.15) is 29.3 Å². The Morgan fingerprint density at radius 2 is 1.73 bits per heavy atom. The molecule has 3 aliphatic heterocycles. The van der Waals surface area contributed by atoms with Gasteiger partial charge in [0.05, 0.1) is 17.5 Å². The molecule has 1 aromatic carbocycles. The van der Waals surface area contributed by atoms with E-state index in [2.05, 4.69) is 45.8 Å². The molecule has 19 nitrogen and oxygen atoms in total. The number of amides is 7. The Labute approximate surface area is 356 Å². The van der Waals surface area contributed by atoms with Crippen molar-refractivity contribution in [1.82, 2.24) is 50.3 Å². The minimum atomic E-state index is -1.10. The normalized spacial score (nSPS) is 20.1. The van der Waals surface area contributed by atoms with Gasteiger partial charge in [0.15, 0.2) is 18.1 Å². The maximum absolute atomic E-state index is 13.2. The number of aromatic nitrogens is 5. The van der Waals surface area contributed by atoms with Crippen molar-refractivity contribution in [3.63, 3.8) is 0 Å². The van der Waals surface area contributed by atoms with E-state index in [1.165, 1.54) is 18.2 Å². The molecule has 7 amide bonds. The van der Waals surface area contributed by atoms with Crippen LogP contribution in [0.5, 0.6) is 5.75 Å². The lowest BCUT2D eigenvalue weighted by Gasteiger charge is -2.36. The number of hydrogen-bond acceptors (Lipinski definition) is 13. The van der Waals surface area contributed by atoms with Gasteiger partial charge >= 0.3 is 0 Å². The molecular formula is C43H49N11O8. The molecule has 62 heavy (non-hydrogen) atoms. The first kappa shape index (κ1) is 41.9. The van der Waals surface area contributed by atoms with E-state index < -0.39 is 35.6 Å². The summed E-state index contributed by atoms with van der Waals surface area (Å²) < 4.78 is 7.70. The fourth-order valence-corrected chi connectivity index (χ4v) is 8.50. The molecule has 19 heteroatoms. The summed E-state index contributed by atoms with van der Waals surface area (Å²) in [7, 11) is 0. The minimum Gasteiger partial charge on any atom is -0.483 e. The second kappa shape index (κ2) is 18.4. The Balaban J connectivity index is 0.699. The topological polar surface area (TPSA) is 240 Å². The van der Waals surface area contributed by atoms with E-state index in [9.17, 15) is 33.6 Å². The van der Waals surface area contributed by atoms with Crippen molar-refractivity contribution in [2.45, 2.75) is 89.3 Å². The first-order valence-corrected chi connectivity index (χ1v) is 21.2. The van der Waals surface area contributed by atoms with Gasteiger partial charge in [0.25, 0.3) is 23.6 Å². The van der Waals surface area contributed by atoms with Crippen LogP contribution < -0.4 is 26.0 Å². The number of piperidine rings is 2. The Morgan fingerprint density at radius 3 is 2.52 bits per heavy atom. The molecule has 1 aliphatic carbocycles. The van der Waals surface area contributed by atoms with Crippen LogP contribution in [-0.2, 0) is 19.2 Å². The largest absolute Gasteiger partial charge is 0.483 e. The summed E-state index contributed by atoms with van der Waals surface area (Å²) in [6.07, 6.45) is 9.21. The first-order chi connectivity index (χ1) is 30.0. The Hall–Kier alpha value is -6.79. The van der Waals surface area contributed by atoms with Gasteiger partial charge in [-0.1, -0.05) is 18.6 Å².